The quantitative estimate of drug-likeness (QED) is 0.477. The summed E-state index contributed by atoms with van der Waals surface area (Å²) < 4.78 is 0. The van der Waals surface area contributed by atoms with E-state index in [1.54, 1.807) is 12.1 Å². The van der Waals surface area contributed by atoms with Gasteiger partial charge in [-0.1, -0.05) is 80.9 Å². The molecule has 0 unspecified atom stereocenters. The van der Waals surface area contributed by atoms with Gasteiger partial charge in [0.2, 0.25) is 0 Å². The number of imide groups is 1. The zero-order chi connectivity index (χ0) is 23.0. The van der Waals surface area contributed by atoms with E-state index in [-0.39, 0.29) is 17.0 Å². The maximum absolute atomic E-state index is 13.5. The van der Waals surface area contributed by atoms with Gasteiger partial charge in [0.15, 0.2) is 0 Å². The Hall–Kier alpha value is -3.37. The molecule has 0 spiro atoms. The Morgan fingerprint density at radius 2 is 1.50 bits per heavy atom. The van der Waals surface area contributed by atoms with Crippen LogP contribution in [0, 0.1) is 6.92 Å². The Bertz CT molecular complexity index is 1220. The molecule has 0 aliphatic carbocycles. The molecule has 1 aliphatic heterocycles. The van der Waals surface area contributed by atoms with Crippen LogP contribution in [0.1, 0.15) is 37.5 Å². The van der Waals surface area contributed by atoms with Gasteiger partial charge in [-0.15, -0.1) is 0 Å². The highest BCUT2D eigenvalue weighted by Crippen LogP contribution is 2.35. The van der Waals surface area contributed by atoms with Crippen LogP contribution in [-0.4, -0.2) is 11.8 Å². The largest absolute Gasteiger partial charge is 0.350 e. The van der Waals surface area contributed by atoms with Crippen LogP contribution in [0.25, 0.3) is 5.57 Å². The van der Waals surface area contributed by atoms with Crippen molar-refractivity contribution < 1.29 is 9.59 Å². The lowest BCUT2D eigenvalue weighted by molar-refractivity contribution is -0.120. The van der Waals surface area contributed by atoms with Gasteiger partial charge < -0.3 is 5.32 Å². The number of hydrogen-bond acceptors (Lipinski definition) is 3. The molecule has 162 valence electrons. The number of anilines is 2. The van der Waals surface area contributed by atoms with Gasteiger partial charge in [0.1, 0.15) is 5.70 Å². The first-order valence-corrected chi connectivity index (χ1v) is 10.9. The Kier molecular flexibility index (Phi) is 5.66. The topological polar surface area (TPSA) is 49.4 Å². The number of halogens is 1. The van der Waals surface area contributed by atoms with Gasteiger partial charge in [0.05, 0.1) is 11.3 Å². The van der Waals surface area contributed by atoms with Crippen molar-refractivity contribution in [3.8, 4) is 0 Å². The number of carbonyl (C=O) groups is 2. The summed E-state index contributed by atoms with van der Waals surface area (Å²) in [7, 11) is 0. The Morgan fingerprint density at radius 1 is 0.844 bits per heavy atom. The van der Waals surface area contributed by atoms with E-state index in [1.165, 1.54) is 4.90 Å². The van der Waals surface area contributed by atoms with Crippen LogP contribution >= 0.6 is 11.6 Å². The zero-order valence-corrected chi connectivity index (χ0v) is 19.3. The highest BCUT2D eigenvalue weighted by Gasteiger charge is 2.40. The van der Waals surface area contributed by atoms with Gasteiger partial charge in [0, 0.05) is 10.7 Å². The molecule has 0 atom stereocenters. The van der Waals surface area contributed by atoms with E-state index in [9.17, 15) is 9.59 Å². The molecular formula is C27H25ClN2O2. The van der Waals surface area contributed by atoms with Crippen molar-refractivity contribution in [2.75, 3.05) is 10.2 Å². The van der Waals surface area contributed by atoms with Crippen LogP contribution < -0.4 is 10.2 Å². The van der Waals surface area contributed by atoms with Crippen molar-refractivity contribution in [1.29, 1.82) is 0 Å². The summed E-state index contributed by atoms with van der Waals surface area (Å²) in [6.07, 6.45) is 0. The molecule has 0 saturated carbocycles. The summed E-state index contributed by atoms with van der Waals surface area (Å²) in [4.78, 5) is 28.3. The van der Waals surface area contributed by atoms with Crippen LogP contribution in [0.5, 0.6) is 0 Å². The van der Waals surface area contributed by atoms with Gasteiger partial charge >= 0.3 is 0 Å². The number of rotatable bonds is 4. The highest BCUT2D eigenvalue weighted by molar-refractivity contribution is 6.46. The Labute approximate surface area is 193 Å². The maximum Gasteiger partial charge on any atom is 0.282 e. The number of hydrogen-bond donors (Lipinski definition) is 1. The summed E-state index contributed by atoms with van der Waals surface area (Å²) in [5.41, 5.74) is 4.52. The number of nitrogens with zero attached hydrogens (tertiary/aromatic N) is 1. The third kappa shape index (κ3) is 4.06. The predicted molar refractivity (Wildman–Crippen MR) is 131 cm³/mol. The molecular weight excluding hydrogens is 420 g/mol. The lowest BCUT2D eigenvalue weighted by atomic mass is 9.87. The molecule has 1 heterocycles. The fourth-order valence-corrected chi connectivity index (χ4v) is 3.90. The molecule has 32 heavy (non-hydrogen) atoms. The molecule has 2 amide bonds. The average molecular weight is 445 g/mol. The third-order valence-corrected chi connectivity index (χ3v) is 5.83. The van der Waals surface area contributed by atoms with Crippen molar-refractivity contribution in [3.05, 3.63) is 100 Å². The minimum absolute atomic E-state index is 0.0260. The van der Waals surface area contributed by atoms with E-state index in [1.807, 2.05) is 67.6 Å². The van der Waals surface area contributed by atoms with E-state index >= 15 is 0 Å². The summed E-state index contributed by atoms with van der Waals surface area (Å²) in [6, 6.07) is 22.2. The van der Waals surface area contributed by atoms with Gasteiger partial charge in [-0.2, -0.15) is 0 Å². The Balaban J connectivity index is 1.79. The standard InChI is InChI=1S/C27H25ClN2O2/c1-17-10-13-20(28)16-22(17)29-24-23(18-8-6-5-7-9-18)25(31)30(26(24)32)21-14-11-19(12-15-21)27(2,3)4/h5-16,29H,1-4H3. The molecule has 5 heteroatoms. The second kappa shape index (κ2) is 8.29. The maximum atomic E-state index is 13.5. The van der Waals surface area contributed by atoms with E-state index in [2.05, 4.69) is 26.1 Å². The van der Waals surface area contributed by atoms with Crippen LogP contribution in [-0.2, 0) is 15.0 Å². The summed E-state index contributed by atoms with van der Waals surface area (Å²) >= 11 is 6.18. The van der Waals surface area contributed by atoms with Gasteiger partial charge in [-0.05, 0) is 53.3 Å². The molecule has 0 aromatic heterocycles. The van der Waals surface area contributed by atoms with Crippen LogP contribution in [0.3, 0.4) is 0 Å². The lowest BCUT2D eigenvalue weighted by Gasteiger charge is -2.21. The molecule has 0 bridgehead atoms. The number of nitrogens with one attached hydrogen (secondary N) is 1. The summed E-state index contributed by atoms with van der Waals surface area (Å²) in [6.45, 7) is 8.29. The fraction of sp³-hybridized carbons (Fsp3) is 0.185. The molecule has 0 saturated heterocycles. The molecule has 3 aromatic carbocycles. The molecule has 4 nitrogen and oxygen atoms in total. The van der Waals surface area contributed by atoms with Crippen LogP contribution in [0.15, 0.2) is 78.5 Å². The molecule has 0 fully saturated rings. The highest BCUT2D eigenvalue weighted by atomic mass is 35.5. The number of carbonyl (C=O) groups excluding carboxylic acids is 2. The Morgan fingerprint density at radius 3 is 2.12 bits per heavy atom. The molecule has 3 aromatic rings. The first-order chi connectivity index (χ1) is 15.2. The van der Waals surface area contributed by atoms with Crippen molar-refractivity contribution in [3.63, 3.8) is 0 Å². The summed E-state index contributed by atoms with van der Waals surface area (Å²) in [5, 5.41) is 3.74. The first-order valence-electron chi connectivity index (χ1n) is 10.5. The van der Waals surface area contributed by atoms with Crippen LogP contribution in [0.4, 0.5) is 11.4 Å². The number of amides is 2. The van der Waals surface area contributed by atoms with Gasteiger partial charge in [-0.3, -0.25) is 9.59 Å². The lowest BCUT2D eigenvalue weighted by Crippen LogP contribution is -2.32. The smallest absolute Gasteiger partial charge is 0.282 e. The minimum atomic E-state index is -0.392. The normalized spacial score (nSPS) is 14.3. The van der Waals surface area contributed by atoms with Crippen LogP contribution in [0.2, 0.25) is 5.02 Å². The second-order valence-corrected chi connectivity index (χ2v) is 9.38. The van der Waals surface area contributed by atoms with E-state index in [0.717, 1.165) is 11.1 Å². The number of benzene rings is 3. The number of aryl methyl sites for hydroxylation is 1. The zero-order valence-electron chi connectivity index (χ0n) is 18.6. The van der Waals surface area contributed by atoms with Crippen molar-refractivity contribution in [2.24, 2.45) is 0 Å². The molecule has 0 radical (unpaired) electrons. The van der Waals surface area contributed by atoms with E-state index in [0.29, 0.717) is 27.5 Å². The molecule has 1 aliphatic rings. The minimum Gasteiger partial charge on any atom is -0.350 e. The van der Waals surface area contributed by atoms with E-state index < -0.39 is 5.91 Å². The molecule has 4 rings (SSSR count). The summed E-state index contributed by atoms with van der Waals surface area (Å²) in [5.74, 6) is -0.747. The predicted octanol–water partition coefficient (Wildman–Crippen LogP) is 6.34. The second-order valence-electron chi connectivity index (χ2n) is 8.94. The first kappa shape index (κ1) is 21.8. The van der Waals surface area contributed by atoms with Crippen molar-refractivity contribution >= 4 is 40.4 Å². The third-order valence-electron chi connectivity index (χ3n) is 5.60. The monoisotopic (exact) mass is 444 g/mol. The molecule has 1 N–H and O–H groups in total. The van der Waals surface area contributed by atoms with Gasteiger partial charge in [-0.25, -0.2) is 4.90 Å². The van der Waals surface area contributed by atoms with Crippen molar-refractivity contribution in [2.45, 2.75) is 33.1 Å². The van der Waals surface area contributed by atoms with E-state index in [4.69, 9.17) is 11.6 Å². The van der Waals surface area contributed by atoms with Gasteiger partial charge in [0.25, 0.3) is 11.8 Å². The average Bonchev–Trinajstić information content (AvgIpc) is 3.00. The SMILES string of the molecule is Cc1ccc(Cl)cc1NC1=C(c2ccccc2)C(=O)N(c2ccc(C(C)(C)C)cc2)C1=O. The fourth-order valence-electron chi connectivity index (χ4n) is 3.73. The van der Waals surface area contributed by atoms with Crippen molar-refractivity contribution in [1.82, 2.24) is 0 Å².